The SMILES string of the molecule is CCCN(CC(=O)N(Cc1ccccc1)C1CCN(C(=O)c2ccc3c(c2)OCO3)CC1)S(=O)(=O)c1ccccc1. The first-order chi connectivity index (χ1) is 19.9. The predicted molar refractivity (Wildman–Crippen MR) is 154 cm³/mol. The number of benzene rings is 3. The van der Waals surface area contributed by atoms with E-state index in [4.69, 9.17) is 9.47 Å². The molecule has 1 saturated heterocycles. The molecule has 2 heterocycles. The second-order valence-corrected chi connectivity index (χ2v) is 12.2. The summed E-state index contributed by atoms with van der Waals surface area (Å²) in [6, 6.07) is 23.0. The third kappa shape index (κ3) is 6.55. The molecular weight excluding hydrogens is 542 g/mol. The maximum Gasteiger partial charge on any atom is 0.253 e. The Morgan fingerprint density at radius 1 is 0.902 bits per heavy atom. The molecule has 0 bridgehead atoms. The molecule has 1 fully saturated rings. The lowest BCUT2D eigenvalue weighted by atomic mass is 10.0. The maximum absolute atomic E-state index is 13.9. The molecule has 0 aromatic heterocycles. The van der Waals surface area contributed by atoms with Crippen molar-refractivity contribution >= 4 is 21.8 Å². The average Bonchev–Trinajstić information content (AvgIpc) is 3.48. The van der Waals surface area contributed by atoms with Crippen molar-refractivity contribution in [3.8, 4) is 11.5 Å². The topological polar surface area (TPSA) is 96.5 Å². The molecule has 2 aliphatic rings. The van der Waals surface area contributed by atoms with Crippen molar-refractivity contribution in [1.29, 1.82) is 0 Å². The molecule has 2 aliphatic heterocycles. The molecule has 3 aromatic carbocycles. The number of hydrogen-bond donors (Lipinski definition) is 0. The number of carbonyl (C=O) groups is 2. The minimum atomic E-state index is -3.84. The largest absolute Gasteiger partial charge is 0.454 e. The smallest absolute Gasteiger partial charge is 0.253 e. The number of carbonyl (C=O) groups excluding carboxylic acids is 2. The first kappa shape index (κ1) is 28.6. The van der Waals surface area contributed by atoms with E-state index in [1.54, 1.807) is 58.3 Å². The Hall–Kier alpha value is -3.89. The number of ether oxygens (including phenoxy) is 2. The second-order valence-electron chi connectivity index (χ2n) is 10.3. The van der Waals surface area contributed by atoms with E-state index in [1.807, 2.05) is 37.3 Å². The van der Waals surface area contributed by atoms with Gasteiger partial charge < -0.3 is 19.3 Å². The van der Waals surface area contributed by atoms with Crippen molar-refractivity contribution < 1.29 is 27.5 Å². The number of nitrogens with zero attached hydrogens (tertiary/aromatic N) is 3. The summed E-state index contributed by atoms with van der Waals surface area (Å²) in [5, 5.41) is 0. The summed E-state index contributed by atoms with van der Waals surface area (Å²) in [7, 11) is -3.84. The summed E-state index contributed by atoms with van der Waals surface area (Å²) in [6.07, 6.45) is 1.76. The van der Waals surface area contributed by atoms with Gasteiger partial charge in [-0.3, -0.25) is 9.59 Å². The van der Waals surface area contributed by atoms with Gasteiger partial charge in [-0.25, -0.2) is 8.42 Å². The van der Waals surface area contributed by atoms with E-state index >= 15 is 0 Å². The van der Waals surface area contributed by atoms with Gasteiger partial charge in [0.1, 0.15) is 0 Å². The number of piperidine rings is 1. The molecular formula is C31H35N3O6S. The molecule has 41 heavy (non-hydrogen) atoms. The van der Waals surface area contributed by atoms with Crippen LogP contribution in [0, 0.1) is 0 Å². The molecule has 0 N–H and O–H groups in total. The monoisotopic (exact) mass is 577 g/mol. The van der Waals surface area contributed by atoms with Gasteiger partial charge in [0.25, 0.3) is 5.91 Å². The standard InChI is InChI=1S/C31H35N3O6S/c1-2-17-33(41(37,38)27-11-7-4-8-12-27)22-30(35)34(21-24-9-5-3-6-10-24)26-15-18-32(19-16-26)31(36)25-13-14-28-29(20-25)40-23-39-28/h3-14,20,26H,2,15-19,21-23H2,1H3. The van der Waals surface area contributed by atoms with Gasteiger partial charge in [-0.2, -0.15) is 4.31 Å². The number of hydrogen-bond acceptors (Lipinski definition) is 6. The zero-order chi connectivity index (χ0) is 28.8. The first-order valence-electron chi connectivity index (χ1n) is 13.9. The van der Waals surface area contributed by atoms with Gasteiger partial charge in [0, 0.05) is 37.8 Å². The van der Waals surface area contributed by atoms with Crippen LogP contribution >= 0.6 is 0 Å². The highest BCUT2D eigenvalue weighted by atomic mass is 32.2. The lowest BCUT2D eigenvalue weighted by Crippen LogP contribution is -2.51. The van der Waals surface area contributed by atoms with Gasteiger partial charge in [-0.15, -0.1) is 0 Å². The maximum atomic E-state index is 13.9. The zero-order valence-corrected chi connectivity index (χ0v) is 24.0. The van der Waals surface area contributed by atoms with Gasteiger partial charge >= 0.3 is 0 Å². The van der Waals surface area contributed by atoms with Crippen molar-refractivity contribution in [2.45, 2.75) is 43.7 Å². The molecule has 0 radical (unpaired) electrons. The van der Waals surface area contributed by atoms with Crippen LogP contribution in [-0.2, 0) is 21.4 Å². The minimum absolute atomic E-state index is 0.0919. The van der Waals surface area contributed by atoms with E-state index in [2.05, 4.69) is 0 Å². The van der Waals surface area contributed by atoms with Gasteiger partial charge in [0.2, 0.25) is 22.7 Å². The molecule has 0 saturated carbocycles. The number of likely N-dealkylation sites (tertiary alicyclic amines) is 1. The molecule has 0 aliphatic carbocycles. The fourth-order valence-corrected chi connectivity index (χ4v) is 6.81. The summed E-state index contributed by atoms with van der Waals surface area (Å²) >= 11 is 0. The third-order valence-electron chi connectivity index (χ3n) is 7.49. The highest BCUT2D eigenvalue weighted by Crippen LogP contribution is 2.33. The van der Waals surface area contributed by atoms with E-state index in [1.165, 1.54) is 4.31 Å². The van der Waals surface area contributed by atoms with Crippen LogP contribution in [0.5, 0.6) is 11.5 Å². The summed E-state index contributed by atoms with van der Waals surface area (Å²) in [5.74, 6) is 0.849. The summed E-state index contributed by atoms with van der Waals surface area (Å²) in [6.45, 7) is 3.37. The first-order valence-corrected chi connectivity index (χ1v) is 15.4. The Labute approximate surface area is 241 Å². The average molecular weight is 578 g/mol. The van der Waals surface area contributed by atoms with E-state index in [9.17, 15) is 18.0 Å². The van der Waals surface area contributed by atoms with E-state index in [0.717, 1.165) is 5.56 Å². The van der Waals surface area contributed by atoms with Crippen molar-refractivity contribution in [1.82, 2.24) is 14.1 Å². The summed E-state index contributed by atoms with van der Waals surface area (Å²) < 4.78 is 38.9. The van der Waals surface area contributed by atoms with Crippen LogP contribution in [0.2, 0.25) is 0 Å². The number of fused-ring (bicyclic) bond motifs is 1. The Bertz CT molecular complexity index is 1460. The molecule has 0 spiro atoms. The quantitative estimate of drug-likeness (QED) is 0.359. The van der Waals surface area contributed by atoms with Crippen molar-refractivity contribution in [2.24, 2.45) is 0 Å². The van der Waals surface area contributed by atoms with E-state index in [-0.39, 0.29) is 42.6 Å². The van der Waals surface area contributed by atoms with Crippen molar-refractivity contribution in [2.75, 3.05) is 33.0 Å². The number of rotatable bonds is 10. The van der Waals surface area contributed by atoms with Crippen molar-refractivity contribution in [3.63, 3.8) is 0 Å². The molecule has 9 nitrogen and oxygen atoms in total. The lowest BCUT2D eigenvalue weighted by molar-refractivity contribution is -0.135. The van der Waals surface area contributed by atoms with Crippen LogP contribution in [0.15, 0.2) is 83.8 Å². The van der Waals surface area contributed by atoms with E-state index in [0.29, 0.717) is 56.0 Å². The third-order valence-corrected chi connectivity index (χ3v) is 9.35. The van der Waals surface area contributed by atoms with Crippen molar-refractivity contribution in [3.05, 3.63) is 90.0 Å². The lowest BCUT2D eigenvalue weighted by Gasteiger charge is -2.39. The van der Waals surface area contributed by atoms with Crippen LogP contribution in [0.3, 0.4) is 0 Å². The molecule has 216 valence electrons. The Morgan fingerprint density at radius 2 is 1.56 bits per heavy atom. The molecule has 0 unspecified atom stereocenters. The molecule has 3 aromatic rings. The number of amides is 2. The zero-order valence-electron chi connectivity index (χ0n) is 23.1. The predicted octanol–water partition coefficient (Wildman–Crippen LogP) is 4.15. The normalized spacial score (nSPS) is 15.2. The fraction of sp³-hybridized carbons (Fsp3) is 0.355. The summed E-state index contributed by atoms with van der Waals surface area (Å²) in [4.78, 5) is 30.9. The Morgan fingerprint density at radius 3 is 2.24 bits per heavy atom. The second kappa shape index (κ2) is 12.7. The van der Waals surface area contributed by atoms with Gasteiger partial charge in [-0.05, 0) is 55.2 Å². The van der Waals surface area contributed by atoms with E-state index < -0.39 is 10.0 Å². The molecule has 5 rings (SSSR count). The molecule has 2 amide bonds. The van der Waals surface area contributed by atoms with Gasteiger partial charge in [0.05, 0.1) is 11.4 Å². The highest BCUT2D eigenvalue weighted by Gasteiger charge is 2.33. The number of sulfonamides is 1. The summed E-state index contributed by atoms with van der Waals surface area (Å²) in [5.41, 5.74) is 1.50. The van der Waals surface area contributed by atoms with Crippen LogP contribution in [0.1, 0.15) is 42.1 Å². The van der Waals surface area contributed by atoms with Crippen LogP contribution in [0.4, 0.5) is 0 Å². The van der Waals surface area contributed by atoms with Crippen LogP contribution in [-0.4, -0.2) is 73.4 Å². The Balaban J connectivity index is 1.31. The van der Waals surface area contributed by atoms with Crippen LogP contribution in [0.25, 0.3) is 0 Å². The van der Waals surface area contributed by atoms with Crippen LogP contribution < -0.4 is 9.47 Å². The molecule has 0 atom stereocenters. The fourth-order valence-electron chi connectivity index (χ4n) is 5.31. The minimum Gasteiger partial charge on any atom is -0.454 e. The van der Waals surface area contributed by atoms with Gasteiger partial charge in [-0.1, -0.05) is 55.5 Å². The Kier molecular flexibility index (Phi) is 8.90. The molecule has 10 heteroatoms. The highest BCUT2D eigenvalue weighted by molar-refractivity contribution is 7.89. The van der Waals surface area contributed by atoms with Gasteiger partial charge in [0.15, 0.2) is 11.5 Å².